The Hall–Kier alpha value is 0.100. The molecular weight excluding hydrogens is 303 g/mol. The van der Waals surface area contributed by atoms with E-state index in [0.29, 0.717) is 4.43 Å². The fourth-order valence-electron chi connectivity index (χ4n) is 2.82. The van der Waals surface area contributed by atoms with Crippen LogP contribution in [-0.2, 0) is 4.79 Å². The number of aliphatic hydroxyl groups excluding tert-OH is 1. The molecule has 1 aliphatic carbocycles. The average molecular weight is 322 g/mol. The van der Waals surface area contributed by atoms with E-state index in [1.165, 1.54) is 0 Å². The zero-order valence-corrected chi connectivity index (χ0v) is 11.5. The minimum atomic E-state index is -0.410. The molecule has 2 nitrogen and oxygen atoms in total. The van der Waals surface area contributed by atoms with Crippen LogP contribution in [0.2, 0.25) is 0 Å². The average Bonchev–Trinajstić information content (AvgIpc) is 2.55. The summed E-state index contributed by atoms with van der Waals surface area (Å²) in [4.78, 5) is 11.8. The molecule has 4 atom stereocenters. The summed E-state index contributed by atoms with van der Waals surface area (Å²) < 4.78 is 0.690. The second kappa shape index (κ2) is 4.95. The molecule has 0 spiro atoms. The molecule has 0 radical (unpaired) electrons. The molecule has 0 saturated heterocycles. The summed E-state index contributed by atoms with van der Waals surface area (Å²) in [7, 11) is 0. The Kier molecular flexibility index (Phi) is 4.35. The van der Waals surface area contributed by atoms with Gasteiger partial charge in [-0.05, 0) is 31.6 Å². The molecule has 1 fully saturated rings. The Morgan fingerprint density at radius 3 is 2.73 bits per heavy atom. The maximum Gasteiger partial charge on any atom is 0.136 e. The van der Waals surface area contributed by atoms with Crippen LogP contribution in [0.25, 0.3) is 0 Å². The molecule has 86 valence electrons. The van der Waals surface area contributed by atoms with E-state index in [2.05, 4.69) is 29.2 Å². The van der Waals surface area contributed by atoms with Gasteiger partial charge < -0.3 is 5.11 Å². The van der Waals surface area contributed by atoms with Gasteiger partial charge in [-0.25, -0.2) is 0 Å². The quantitative estimate of drug-likeness (QED) is 0.491. The molecule has 15 heavy (non-hydrogen) atoms. The van der Waals surface area contributed by atoms with Crippen LogP contribution in [0.1, 0.15) is 26.7 Å². The van der Waals surface area contributed by atoms with E-state index in [-0.39, 0.29) is 23.7 Å². The fourth-order valence-corrected chi connectivity index (χ4v) is 3.43. The summed E-state index contributed by atoms with van der Waals surface area (Å²) >= 11 is 2.18. The number of Topliss-reactive ketones (excluding diaryl/α,β-unsaturated/α-hetero) is 1. The van der Waals surface area contributed by atoms with Crippen molar-refractivity contribution in [3.63, 3.8) is 0 Å². The lowest BCUT2D eigenvalue weighted by Gasteiger charge is -2.35. The molecule has 1 N–H and O–H groups in total. The molecule has 1 rings (SSSR count). The largest absolute Gasteiger partial charge is 0.392 e. The second-order valence-electron chi connectivity index (χ2n) is 4.59. The molecule has 0 aliphatic heterocycles. The molecule has 1 aliphatic rings. The van der Waals surface area contributed by atoms with Crippen molar-refractivity contribution < 1.29 is 9.90 Å². The Balaban J connectivity index is 3.00. The first-order chi connectivity index (χ1) is 6.98. The van der Waals surface area contributed by atoms with E-state index in [0.717, 1.165) is 12.8 Å². The number of aliphatic hydroxyl groups is 1. The van der Waals surface area contributed by atoms with Gasteiger partial charge in [-0.2, -0.15) is 0 Å². The van der Waals surface area contributed by atoms with Crippen molar-refractivity contribution in [2.24, 2.45) is 17.3 Å². The number of carbonyl (C=O) groups excluding carboxylic acids is 1. The molecule has 0 aromatic heterocycles. The SMILES string of the molecule is C=C[C@H]1CC[C@@H]([C@@H](O)CI)[C@]1(C)C(C)=O. The Morgan fingerprint density at radius 2 is 2.33 bits per heavy atom. The first-order valence-corrected chi connectivity index (χ1v) is 6.88. The third kappa shape index (κ3) is 2.13. The summed E-state index contributed by atoms with van der Waals surface area (Å²) in [5.74, 6) is 0.492. The lowest BCUT2D eigenvalue weighted by atomic mass is 9.69. The van der Waals surface area contributed by atoms with Crippen molar-refractivity contribution in [2.75, 3.05) is 4.43 Å². The van der Waals surface area contributed by atoms with Crippen molar-refractivity contribution >= 4 is 28.4 Å². The van der Waals surface area contributed by atoms with Gasteiger partial charge in [0, 0.05) is 9.84 Å². The number of carbonyl (C=O) groups is 1. The summed E-state index contributed by atoms with van der Waals surface area (Å²) in [6.07, 6.45) is 3.40. The van der Waals surface area contributed by atoms with Gasteiger partial charge in [-0.3, -0.25) is 4.79 Å². The van der Waals surface area contributed by atoms with Crippen LogP contribution in [0, 0.1) is 17.3 Å². The van der Waals surface area contributed by atoms with E-state index in [4.69, 9.17) is 0 Å². The first-order valence-electron chi connectivity index (χ1n) is 5.36. The number of hydrogen-bond acceptors (Lipinski definition) is 2. The molecule has 0 bridgehead atoms. The van der Waals surface area contributed by atoms with Gasteiger partial charge in [0.15, 0.2) is 0 Å². The van der Waals surface area contributed by atoms with Crippen molar-refractivity contribution in [1.82, 2.24) is 0 Å². The highest BCUT2D eigenvalue weighted by molar-refractivity contribution is 14.1. The Morgan fingerprint density at radius 1 is 1.73 bits per heavy atom. The van der Waals surface area contributed by atoms with Crippen molar-refractivity contribution in [3.05, 3.63) is 12.7 Å². The summed E-state index contributed by atoms with van der Waals surface area (Å²) in [6, 6.07) is 0. The van der Waals surface area contributed by atoms with E-state index >= 15 is 0 Å². The van der Waals surface area contributed by atoms with Crippen molar-refractivity contribution in [1.29, 1.82) is 0 Å². The van der Waals surface area contributed by atoms with Crippen LogP contribution in [0.4, 0.5) is 0 Å². The number of halogens is 1. The third-order valence-electron chi connectivity index (χ3n) is 3.99. The first kappa shape index (κ1) is 13.2. The summed E-state index contributed by atoms with van der Waals surface area (Å²) in [5.41, 5.74) is -0.410. The standard InChI is InChI=1S/C12H19IO2/c1-4-9-5-6-10(11(15)7-13)12(9,3)8(2)14/h4,9-11,15H,1,5-7H2,2-3H3/t9-,10-,11-,12+/m0/s1. The normalized spacial score (nSPS) is 37.6. The molecule has 1 saturated carbocycles. The monoisotopic (exact) mass is 322 g/mol. The second-order valence-corrected chi connectivity index (χ2v) is 5.47. The predicted octanol–water partition coefficient (Wildman–Crippen LogP) is 2.59. The Bertz CT molecular complexity index is 264. The zero-order valence-electron chi connectivity index (χ0n) is 9.37. The number of allylic oxidation sites excluding steroid dienone is 1. The molecular formula is C12H19IO2. The molecule has 0 unspecified atom stereocenters. The number of alkyl halides is 1. The molecule has 0 aromatic rings. The van der Waals surface area contributed by atoms with Crippen LogP contribution >= 0.6 is 22.6 Å². The lowest BCUT2D eigenvalue weighted by molar-refractivity contribution is -0.131. The van der Waals surface area contributed by atoms with Gasteiger partial charge >= 0.3 is 0 Å². The van der Waals surface area contributed by atoms with E-state index < -0.39 is 5.41 Å². The topological polar surface area (TPSA) is 37.3 Å². The van der Waals surface area contributed by atoms with Gasteiger partial charge in [0.05, 0.1) is 6.10 Å². The third-order valence-corrected chi connectivity index (χ3v) is 4.90. The molecule has 0 heterocycles. The van der Waals surface area contributed by atoms with Gasteiger partial charge in [0.25, 0.3) is 0 Å². The lowest BCUT2D eigenvalue weighted by Crippen LogP contribution is -2.41. The van der Waals surface area contributed by atoms with E-state index in [1.807, 2.05) is 13.0 Å². The van der Waals surface area contributed by atoms with Gasteiger partial charge in [-0.15, -0.1) is 6.58 Å². The van der Waals surface area contributed by atoms with Crippen LogP contribution < -0.4 is 0 Å². The minimum absolute atomic E-state index is 0.0925. The fraction of sp³-hybridized carbons (Fsp3) is 0.750. The van der Waals surface area contributed by atoms with Crippen LogP contribution in [0.5, 0.6) is 0 Å². The Labute approximate surface area is 105 Å². The van der Waals surface area contributed by atoms with Crippen molar-refractivity contribution in [3.8, 4) is 0 Å². The molecule has 0 amide bonds. The number of hydrogen-bond donors (Lipinski definition) is 1. The van der Waals surface area contributed by atoms with Gasteiger partial charge in [0.1, 0.15) is 5.78 Å². The maximum atomic E-state index is 11.8. The highest BCUT2D eigenvalue weighted by Gasteiger charge is 2.50. The van der Waals surface area contributed by atoms with Crippen LogP contribution in [0.15, 0.2) is 12.7 Å². The van der Waals surface area contributed by atoms with Gasteiger partial charge in [0.2, 0.25) is 0 Å². The highest BCUT2D eigenvalue weighted by Crippen LogP contribution is 2.50. The molecule has 3 heteroatoms. The maximum absolute atomic E-state index is 11.8. The number of rotatable bonds is 4. The smallest absolute Gasteiger partial charge is 0.136 e. The van der Waals surface area contributed by atoms with E-state index in [9.17, 15) is 9.90 Å². The van der Waals surface area contributed by atoms with Crippen molar-refractivity contribution in [2.45, 2.75) is 32.8 Å². The van der Waals surface area contributed by atoms with Crippen LogP contribution in [-0.4, -0.2) is 21.4 Å². The summed E-state index contributed by atoms with van der Waals surface area (Å²) in [5, 5.41) is 9.96. The van der Waals surface area contributed by atoms with Gasteiger partial charge in [-0.1, -0.05) is 35.6 Å². The van der Waals surface area contributed by atoms with E-state index in [1.54, 1.807) is 6.92 Å². The minimum Gasteiger partial charge on any atom is -0.392 e. The predicted molar refractivity (Wildman–Crippen MR) is 70.1 cm³/mol. The van der Waals surface area contributed by atoms with Crippen LogP contribution in [0.3, 0.4) is 0 Å². The zero-order chi connectivity index (χ0) is 11.6. The molecule has 0 aromatic carbocycles. The highest BCUT2D eigenvalue weighted by atomic mass is 127. The number of ketones is 1. The summed E-state index contributed by atoms with van der Waals surface area (Å²) in [6.45, 7) is 7.42.